The summed E-state index contributed by atoms with van der Waals surface area (Å²) in [4.78, 5) is 0.231. The Morgan fingerprint density at radius 2 is 1.73 bits per heavy atom. The smallest absolute Gasteiger partial charge is 0.210 e. The van der Waals surface area contributed by atoms with E-state index in [1.54, 1.807) is 18.2 Å². The van der Waals surface area contributed by atoms with E-state index in [0.29, 0.717) is 0 Å². The molecule has 1 N–H and O–H groups in total. The van der Waals surface area contributed by atoms with Crippen LogP contribution in [0.5, 0.6) is 0 Å². The molecular formula is C7H8NO2S. The minimum absolute atomic E-state index is 0.231. The van der Waals surface area contributed by atoms with Crippen LogP contribution in [0.25, 0.3) is 0 Å². The molecule has 0 bridgehead atoms. The second-order valence-corrected chi connectivity index (χ2v) is 3.73. The fourth-order valence-electron chi connectivity index (χ4n) is 0.683. The van der Waals surface area contributed by atoms with Crippen molar-refractivity contribution in [2.24, 2.45) is 0 Å². The first kappa shape index (κ1) is 8.23. The Morgan fingerprint density at radius 3 is 2.18 bits per heavy atom. The third kappa shape index (κ3) is 1.78. The lowest BCUT2D eigenvalue weighted by Gasteiger charge is -1.99. The zero-order valence-corrected chi connectivity index (χ0v) is 6.64. The fourth-order valence-corrected chi connectivity index (χ4v) is 1.37. The van der Waals surface area contributed by atoms with Crippen molar-refractivity contribution in [3.63, 3.8) is 0 Å². The first-order valence-corrected chi connectivity index (χ1v) is 4.49. The van der Waals surface area contributed by atoms with Crippen LogP contribution in [0.15, 0.2) is 35.2 Å². The van der Waals surface area contributed by atoms with Gasteiger partial charge in [0.1, 0.15) is 0 Å². The second kappa shape index (κ2) is 3.02. The van der Waals surface area contributed by atoms with Crippen LogP contribution in [0, 0.1) is 7.05 Å². The standard InChI is InChI=1S/C7H8NO2S/c1-8-11(9,10)7-5-3-2-4-6-7/h2-6,8H,1H2. The lowest BCUT2D eigenvalue weighted by Crippen LogP contribution is -2.15. The molecule has 0 atom stereocenters. The van der Waals surface area contributed by atoms with Gasteiger partial charge in [-0.1, -0.05) is 18.2 Å². The van der Waals surface area contributed by atoms with Crippen molar-refractivity contribution in [2.75, 3.05) is 0 Å². The Balaban J connectivity index is 3.14. The molecule has 59 valence electrons. The summed E-state index contributed by atoms with van der Waals surface area (Å²) in [6, 6.07) is 8.08. The molecule has 0 fully saturated rings. The Morgan fingerprint density at radius 1 is 1.18 bits per heavy atom. The van der Waals surface area contributed by atoms with E-state index in [1.165, 1.54) is 12.1 Å². The number of rotatable bonds is 2. The highest BCUT2D eigenvalue weighted by Gasteiger charge is 2.08. The van der Waals surface area contributed by atoms with E-state index in [9.17, 15) is 8.42 Å². The van der Waals surface area contributed by atoms with Gasteiger partial charge in [-0.15, -0.1) is 0 Å². The highest BCUT2D eigenvalue weighted by Crippen LogP contribution is 2.05. The van der Waals surface area contributed by atoms with E-state index in [2.05, 4.69) is 7.05 Å². The predicted octanol–water partition coefficient (Wildman–Crippen LogP) is 0.756. The van der Waals surface area contributed by atoms with Crippen molar-refractivity contribution in [3.05, 3.63) is 37.4 Å². The number of benzene rings is 1. The summed E-state index contributed by atoms with van der Waals surface area (Å²) < 4.78 is 24.0. The van der Waals surface area contributed by atoms with Crippen LogP contribution in [0.4, 0.5) is 0 Å². The van der Waals surface area contributed by atoms with Gasteiger partial charge in [0.15, 0.2) is 0 Å². The topological polar surface area (TPSA) is 46.2 Å². The van der Waals surface area contributed by atoms with Gasteiger partial charge in [-0.25, -0.2) is 13.1 Å². The fraction of sp³-hybridized carbons (Fsp3) is 0. The Kier molecular flexibility index (Phi) is 2.26. The maximum Gasteiger partial charge on any atom is 0.240 e. The van der Waals surface area contributed by atoms with Crippen molar-refractivity contribution in [3.8, 4) is 0 Å². The van der Waals surface area contributed by atoms with Gasteiger partial charge in [-0.3, -0.25) is 0 Å². The molecule has 1 radical (unpaired) electrons. The maximum atomic E-state index is 11.0. The van der Waals surface area contributed by atoms with Crippen molar-refractivity contribution in [2.45, 2.75) is 4.90 Å². The molecule has 0 amide bonds. The third-order valence-corrected chi connectivity index (χ3v) is 2.52. The SMILES string of the molecule is [CH2]NS(=O)(=O)c1ccccc1. The van der Waals surface area contributed by atoms with Crippen LogP contribution in [0.2, 0.25) is 0 Å². The minimum atomic E-state index is -3.36. The summed E-state index contributed by atoms with van der Waals surface area (Å²) in [7, 11) is -0.264. The van der Waals surface area contributed by atoms with Gasteiger partial charge in [0.2, 0.25) is 10.0 Å². The monoisotopic (exact) mass is 170 g/mol. The molecule has 0 spiro atoms. The highest BCUT2D eigenvalue weighted by molar-refractivity contribution is 7.89. The highest BCUT2D eigenvalue weighted by atomic mass is 32.2. The quantitative estimate of drug-likeness (QED) is 0.712. The van der Waals surface area contributed by atoms with Gasteiger partial charge < -0.3 is 0 Å². The molecule has 3 nitrogen and oxygen atoms in total. The largest absolute Gasteiger partial charge is 0.240 e. The summed E-state index contributed by atoms with van der Waals surface area (Å²) in [6.07, 6.45) is 0. The van der Waals surface area contributed by atoms with E-state index in [4.69, 9.17) is 0 Å². The van der Waals surface area contributed by atoms with Gasteiger partial charge >= 0.3 is 0 Å². The van der Waals surface area contributed by atoms with Gasteiger partial charge in [-0.2, -0.15) is 0 Å². The molecule has 11 heavy (non-hydrogen) atoms. The molecule has 1 rings (SSSR count). The summed E-state index contributed by atoms with van der Waals surface area (Å²) in [5.74, 6) is 0. The van der Waals surface area contributed by atoms with Gasteiger partial charge in [0, 0.05) is 7.05 Å². The zero-order chi connectivity index (χ0) is 8.32. The molecule has 0 aliphatic rings. The number of hydrogen-bond donors (Lipinski definition) is 1. The third-order valence-electron chi connectivity index (χ3n) is 1.24. The summed E-state index contributed by atoms with van der Waals surface area (Å²) in [5.41, 5.74) is 0. The first-order chi connectivity index (χ1) is 5.17. The van der Waals surface area contributed by atoms with Crippen LogP contribution < -0.4 is 4.72 Å². The van der Waals surface area contributed by atoms with Crippen LogP contribution in [0.3, 0.4) is 0 Å². The maximum absolute atomic E-state index is 11.0. The molecular weight excluding hydrogens is 162 g/mol. The lowest BCUT2D eigenvalue weighted by molar-refractivity contribution is 0.590. The Labute approximate surface area is 66.1 Å². The molecule has 0 heterocycles. The molecule has 0 saturated heterocycles. The average Bonchev–Trinajstić information content (AvgIpc) is 2.06. The van der Waals surface area contributed by atoms with Crippen LogP contribution in [-0.4, -0.2) is 8.42 Å². The van der Waals surface area contributed by atoms with Crippen molar-refractivity contribution in [1.29, 1.82) is 0 Å². The Hall–Kier alpha value is -0.870. The predicted molar refractivity (Wildman–Crippen MR) is 42.1 cm³/mol. The molecule has 0 aliphatic carbocycles. The summed E-state index contributed by atoms with van der Waals surface area (Å²) in [5, 5.41) is 0. The van der Waals surface area contributed by atoms with Crippen molar-refractivity contribution >= 4 is 10.0 Å². The second-order valence-electron chi connectivity index (χ2n) is 1.96. The molecule has 1 aromatic rings. The molecule has 0 saturated carbocycles. The number of hydrogen-bond acceptors (Lipinski definition) is 2. The van der Waals surface area contributed by atoms with Crippen molar-refractivity contribution in [1.82, 2.24) is 4.72 Å². The van der Waals surface area contributed by atoms with Gasteiger partial charge in [0.05, 0.1) is 4.90 Å². The molecule has 1 aromatic carbocycles. The van der Waals surface area contributed by atoms with E-state index >= 15 is 0 Å². The van der Waals surface area contributed by atoms with E-state index in [0.717, 1.165) is 0 Å². The van der Waals surface area contributed by atoms with E-state index in [-0.39, 0.29) is 4.90 Å². The summed E-state index contributed by atoms with van der Waals surface area (Å²) >= 11 is 0. The van der Waals surface area contributed by atoms with Gasteiger partial charge in [-0.05, 0) is 12.1 Å². The average molecular weight is 170 g/mol. The number of nitrogens with one attached hydrogen (secondary N) is 1. The van der Waals surface area contributed by atoms with E-state index in [1.807, 2.05) is 4.72 Å². The minimum Gasteiger partial charge on any atom is -0.210 e. The Bertz CT molecular complexity index is 318. The lowest BCUT2D eigenvalue weighted by atomic mass is 10.4. The van der Waals surface area contributed by atoms with Crippen LogP contribution in [0.1, 0.15) is 0 Å². The first-order valence-electron chi connectivity index (χ1n) is 3.01. The van der Waals surface area contributed by atoms with Crippen LogP contribution >= 0.6 is 0 Å². The van der Waals surface area contributed by atoms with E-state index < -0.39 is 10.0 Å². The van der Waals surface area contributed by atoms with Crippen LogP contribution in [-0.2, 0) is 10.0 Å². The normalized spacial score (nSPS) is 11.4. The molecule has 4 heteroatoms. The summed E-state index contributed by atoms with van der Waals surface area (Å²) in [6.45, 7) is 0. The zero-order valence-electron chi connectivity index (χ0n) is 5.82. The van der Waals surface area contributed by atoms with Crippen molar-refractivity contribution < 1.29 is 8.42 Å². The molecule has 0 unspecified atom stereocenters. The molecule has 0 aliphatic heterocycles. The number of sulfonamides is 1. The van der Waals surface area contributed by atoms with Gasteiger partial charge in [0.25, 0.3) is 0 Å². The molecule has 0 aromatic heterocycles.